The molecular formula is C19H23ClFNO5S. The minimum atomic E-state index is -3.81. The fourth-order valence-corrected chi connectivity index (χ4v) is 6.16. The minimum Gasteiger partial charge on any atom is -0.488 e. The third kappa shape index (κ3) is 3.62. The van der Waals surface area contributed by atoms with Crippen LogP contribution in [0.25, 0.3) is 0 Å². The highest BCUT2D eigenvalue weighted by molar-refractivity contribution is 7.89. The predicted octanol–water partition coefficient (Wildman–Crippen LogP) is 3.14. The number of ether oxygens (including phenoxy) is 2. The summed E-state index contributed by atoms with van der Waals surface area (Å²) in [5, 5.41) is 0.0790. The summed E-state index contributed by atoms with van der Waals surface area (Å²) in [7, 11) is -2.03. The summed E-state index contributed by atoms with van der Waals surface area (Å²) >= 11 is 6.24. The summed E-state index contributed by atoms with van der Waals surface area (Å²) in [5.41, 5.74) is -0.495. The molecule has 0 radical (unpaired) electrons. The quantitative estimate of drug-likeness (QED) is 0.774. The molecule has 9 heteroatoms. The third-order valence-corrected chi connectivity index (χ3v) is 7.22. The van der Waals surface area contributed by atoms with Crippen LogP contribution in [0.15, 0.2) is 12.1 Å². The maximum absolute atomic E-state index is 14.5. The second-order valence-corrected chi connectivity index (χ2v) is 10.6. The molecule has 3 unspecified atom stereocenters. The maximum atomic E-state index is 14.5. The van der Waals surface area contributed by atoms with Gasteiger partial charge in [0.05, 0.1) is 22.4 Å². The van der Waals surface area contributed by atoms with E-state index in [1.165, 1.54) is 0 Å². The Balaban J connectivity index is 1.55. The van der Waals surface area contributed by atoms with Gasteiger partial charge in [-0.3, -0.25) is 4.79 Å². The fraction of sp³-hybridized carbons (Fsp3) is 0.632. The standard InChI is InChI=1S/C19H23ClFNO5S/c1-26-19-7-10-3-11(8-19)17(12(4-10)9-19)27-16-6-15(21)13(5-14(16)20)18(23)22-28(2,24)25/h5-6,10-12,17H,3-4,7-9H2,1-2H3,(H,22,23)/t10?,11-,12+,17?,19?. The third-order valence-electron chi connectivity index (χ3n) is 6.37. The first kappa shape index (κ1) is 19.9. The SMILES string of the molecule is COC12CC3C[C@H](C1)C(Oc1cc(F)c(C(=O)NS(C)(=O)=O)cc1Cl)[C@@H](C3)C2. The van der Waals surface area contributed by atoms with Crippen LogP contribution in [0, 0.1) is 23.6 Å². The van der Waals surface area contributed by atoms with Gasteiger partial charge in [-0.2, -0.15) is 0 Å². The van der Waals surface area contributed by atoms with E-state index in [9.17, 15) is 17.6 Å². The normalized spacial score (nSPS) is 33.7. The Morgan fingerprint density at radius 2 is 1.89 bits per heavy atom. The van der Waals surface area contributed by atoms with Gasteiger partial charge in [0.15, 0.2) is 0 Å². The number of benzene rings is 1. The average molecular weight is 432 g/mol. The number of amides is 1. The van der Waals surface area contributed by atoms with Crippen molar-refractivity contribution in [3.05, 3.63) is 28.5 Å². The van der Waals surface area contributed by atoms with Crippen LogP contribution < -0.4 is 9.46 Å². The number of carbonyl (C=O) groups is 1. The molecule has 0 aromatic heterocycles. The molecule has 1 aromatic rings. The van der Waals surface area contributed by atoms with Gasteiger partial charge in [-0.1, -0.05) is 11.6 Å². The zero-order valence-electron chi connectivity index (χ0n) is 15.7. The molecule has 5 rings (SSSR count). The lowest BCUT2D eigenvalue weighted by molar-refractivity contribution is -0.182. The molecule has 5 atom stereocenters. The van der Waals surface area contributed by atoms with Gasteiger partial charge >= 0.3 is 0 Å². The van der Waals surface area contributed by atoms with E-state index in [0.29, 0.717) is 17.8 Å². The lowest BCUT2D eigenvalue weighted by Gasteiger charge is -2.58. The van der Waals surface area contributed by atoms with Crippen LogP contribution in [0.4, 0.5) is 4.39 Å². The van der Waals surface area contributed by atoms with Crippen molar-refractivity contribution in [3.8, 4) is 5.75 Å². The number of hydrogen-bond acceptors (Lipinski definition) is 5. The van der Waals surface area contributed by atoms with Crippen molar-refractivity contribution in [2.45, 2.75) is 43.8 Å². The lowest BCUT2D eigenvalue weighted by Crippen LogP contribution is -2.59. The number of methoxy groups -OCH3 is 1. The van der Waals surface area contributed by atoms with Gasteiger partial charge in [-0.15, -0.1) is 0 Å². The van der Waals surface area contributed by atoms with E-state index in [-0.39, 0.29) is 22.5 Å². The molecule has 1 N–H and O–H groups in total. The largest absolute Gasteiger partial charge is 0.488 e. The zero-order valence-corrected chi connectivity index (χ0v) is 17.3. The van der Waals surface area contributed by atoms with Crippen LogP contribution in [0.3, 0.4) is 0 Å². The van der Waals surface area contributed by atoms with Crippen molar-refractivity contribution < 1.29 is 27.1 Å². The molecule has 4 aliphatic carbocycles. The highest BCUT2D eigenvalue weighted by Gasteiger charge is 2.56. The molecule has 4 fully saturated rings. The van der Waals surface area contributed by atoms with Crippen molar-refractivity contribution in [3.63, 3.8) is 0 Å². The monoisotopic (exact) mass is 431 g/mol. The number of sulfonamides is 1. The summed E-state index contributed by atoms with van der Waals surface area (Å²) in [4.78, 5) is 12.0. The maximum Gasteiger partial charge on any atom is 0.267 e. The van der Waals surface area contributed by atoms with Crippen molar-refractivity contribution >= 4 is 27.5 Å². The zero-order chi connectivity index (χ0) is 20.3. The van der Waals surface area contributed by atoms with E-state index in [4.69, 9.17) is 21.1 Å². The Bertz CT molecular complexity index is 905. The van der Waals surface area contributed by atoms with Crippen LogP contribution in [0.5, 0.6) is 5.75 Å². The highest BCUT2D eigenvalue weighted by atomic mass is 35.5. The van der Waals surface area contributed by atoms with E-state index < -0.39 is 27.3 Å². The van der Waals surface area contributed by atoms with Gasteiger partial charge < -0.3 is 9.47 Å². The van der Waals surface area contributed by atoms with Crippen LogP contribution >= 0.6 is 11.6 Å². The van der Waals surface area contributed by atoms with E-state index >= 15 is 0 Å². The van der Waals surface area contributed by atoms with Gasteiger partial charge in [0, 0.05) is 13.2 Å². The number of carbonyl (C=O) groups excluding carboxylic acids is 1. The summed E-state index contributed by atoms with van der Waals surface area (Å²) in [6, 6.07) is 2.18. The van der Waals surface area contributed by atoms with Crippen molar-refractivity contribution in [1.82, 2.24) is 4.72 Å². The summed E-state index contributed by atoms with van der Waals surface area (Å²) < 4.78 is 50.6. The molecule has 154 valence electrons. The minimum absolute atomic E-state index is 0.0566. The summed E-state index contributed by atoms with van der Waals surface area (Å²) in [6.07, 6.45) is 5.85. The summed E-state index contributed by atoms with van der Waals surface area (Å²) in [6.45, 7) is 0. The first-order valence-corrected chi connectivity index (χ1v) is 11.6. The Kier molecular flexibility index (Phi) is 4.87. The van der Waals surface area contributed by atoms with E-state index in [2.05, 4.69) is 0 Å². The molecule has 28 heavy (non-hydrogen) atoms. The molecule has 0 saturated heterocycles. The number of hydrogen-bond donors (Lipinski definition) is 1. The molecule has 4 saturated carbocycles. The highest BCUT2D eigenvalue weighted by Crippen LogP contribution is 2.58. The molecule has 0 heterocycles. The van der Waals surface area contributed by atoms with Gasteiger partial charge in [0.25, 0.3) is 5.91 Å². The topological polar surface area (TPSA) is 81.7 Å². The van der Waals surface area contributed by atoms with Crippen molar-refractivity contribution in [1.29, 1.82) is 0 Å². The molecule has 0 spiro atoms. The first-order valence-electron chi connectivity index (χ1n) is 9.32. The second kappa shape index (κ2) is 6.85. The lowest BCUT2D eigenvalue weighted by atomic mass is 9.53. The average Bonchev–Trinajstić information content (AvgIpc) is 2.58. The number of halogens is 2. The Morgan fingerprint density at radius 1 is 1.25 bits per heavy atom. The number of rotatable bonds is 5. The van der Waals surface area contributed by atoms with Crippen molar-refractivity contribution in [2.24, 2.45) is 17.8 Å². The van der Waals surface area contributed by atoms with Gasteiger partial charge in [0.1, 0.15) is 17.7 Å². The Labute approximate surface area is 168 Å². The Hall–Kier alpha value is -1.38. The van der Waals surface area contributed by atoms with Crippen LogP contribution in [0.1, 0.15) is 42.5 Å². The molecule has 1 amide bonds. The van der Waals surface area contributed by atoms with E-state index in [1.54, 1.807) is 11.8 Å². The fourth-order valence-electron chi connectivity index (χ4n) is 5.51. The van der Waals surface area contributed by atoms with E-state index in [1.807, 2.05) is 0 Å². The summed E-state index contributed by atoms with van der Waals surface area (Å²) in [5.74, 6) is -0.453. The van der Waals surface area contributed by atoms with Crippen LogP contribution in [0.2, 0.25) is 5.02 Å². The van der Waals surface area contributed by atoms with Crippen molar-refractivity contribution in [2.75, 3.05) is 13.4 Å². The van der Waals surface area contributed by atoms with Gasteiger partial charge in [-0.25, -0.2) is 17.5 Å². The molecule has 4 aliphatic rings. The van der Waals surface area contributed by atoms with Gasteiger partial charge in [-0.05, 0) is 55.9 Å². The molecule has 4 bridgehead atoms. The first-order chi connectivity index (χ1) is 13.1. The van der Waals surface area contributed by atoms with E-state index in [0.717, 1.165) is 50.5 Å². The molecule has 0 aliphatic heterocycles. The Morgan fingerprint density at radius 3 is 2.46 bits per heavy atom. The van der Waals surface area contributed by atoms with Crippen LogP contribution in [-0.2, 0) is 14.8 Å². The smallest absolute Gasteiger partial charge is 0.267 e. The van der Waals surface area contributed by atoms with Gasteiger partial charge in [0.2, 0.25) is 10.0 Å². The predicted molar refractivity (Wildman–Crippen MR) is 101 cm³/mol. The number of nitrogens with one attached hydrogen (secondary N) is 1. The molecule has 1 aromatic carbocycles. The molecule has 6 nitrogen and oxygen atoms in total. The molecular weight excluding hydrogens is 409 g/mol. The second-order valence-electron chi connectivity index (χ2n) is 8.41. The van der Waals surface area contributed by atoms with Crippen LogP contribution in [-0.4, -0.2) is 39.4 Å².